The topological polar surface area (TPSA) is 58.6 Å². The number of hydrogen-bond donors (Lipinski definition) is 0. The van der Waals surface area contributed by atoms with Crippen molar-refractivity contribution < 1.29 is 23.0 Å². The first kappa shape index (κ1) is 36.1. The van der Waals surface area contributed by atoms with Gasteiger partial charge in [-0.15, -0.1) is 0 Å². The fraction of sp³-hybridized carbons (Fsp3) is 1.00. The Hall–Kier alpha value is 0.0700. The van der Waals surface area contributed by atoms with Crippen molar-refractivity contribution in [2.24, 2.45) is 0 Å². The lowest BCUT2D eigenvalue weighted by atomic mass is 10.0. The second kappa shape index (κ2) is 25.4. The van der Waals surface area contributed by atoms with E-state index in [1.165, 1.54) is 122 Å². The lowest BCUT2D eigenvalue weighted by molar-refractivity contribution is -0.890. The molecule has 0 saturated carbocycles. The van der Waals surface area contributed by atoms with E-state index in [0.29, 0.717) is 6.54 Å². The van der Waals surface area contributed by atoms with E-state index in [2.05, 4.69) is 27.9 Å². The SMILES string of the molecule is CCCCCCCCCCCCCCCC[N+](C)(C)CCOP(=O)([O-])OCCCCCCCCCC. The minimum absolute atomic E-state index is 0.198. The minimum atomic E-state index is -4.17. The van der Waals surface area contributed by atoms with E-state index in [4.69, 9.17) is 9.05 Å². The fourth-order valence-electron chi connectivity index (χ4n) is 4.70. The van der Waals surface area contributed by atoms with Gasteiger partial charge >= 0.3 is 0 Å². The Kier molecular flexibility index (Phi) is 25.4. The van der Waals surface area contributed by atoms with Gasteiger partial charge in [-0.25, -0.2) is 0 Å². The van der Waals surface area contributed by atoms with Gasteiger partial charge in [-0.1, -0.05) is 136 Å². The maximum absolute atomic E-state index is 12.0. The summed E-state index contributed by atoms with van der Waals surface area (Å²) in [5, 5.41) is 0. The molecule has 0 spiro atoms. The smallest absolute Gasteiger partial charge is 0.268 e. The minimum Gasteiger partial charge on any atom is -0.756 e. The number of hydrogen-bond acceptors (Lipinski definition) is 4. The molecule has 0 fully saturated rings. The van der Waals surface area contributed by atoms with E-state index in [0.717, 1.165) is 30.3 Å². The van der Waals surface area contributed by atoms with Crippen LogP contribution in [0.15, 0.2) is 0 Å². The molecule has 36 heavy (non-hydrogen) atoms. The first-order chi connectivity index (χ1) is 17.3. The molecule has 0 heterocycles. The molecule has 0 saturated heterocycles. The van der Waals surface area contributed by atoms with Crippen LogP contribution in [0.25, 0.3) is 0 Å². The Morgan fingerprint density at radius 2 is 0.833 bits per heavy atom. The van der Waals surface area contributed by atoms with Crippen LogP contribution in [0.3, 0.4) is 0 Å². The molecule has 0 rings (SSSR count). The van der Waals surface area contributed by atoms with Crippen LogP contribution >= 0.6 is 7.82 Å². The second-order valence-corrected chi connectivity index (χ2v) is 13.0. The molecular weight excluding hydrogens is 469 g/mol. The van der Waals surface area contributed by atoms with E-state index in [1.54, 1.807) is 0 Å². The molecule has 0 radical (unpaired) electrons. The van der Waals surface area contributed by atoms with Gasteiger partial charge in [0.1, 0.15) is 13.2 Å². The van der Waals surface area contributed by atoms with E-state index >= 15 is 0 Å². The van der Waals surface area contributed by atoms with Crippen molar-refractivity contribution in [3.8, 4) is 0 Å². The molecule has 0 amide bonds. The quantitative estimate of drug-likeness (QED) is 0.0546. The number of phosphoric ester groups is 1. The van der Waals surface area contributed by atoms with Crippen molar-refractivity contribution in [2.45, 2.75) is 155 Å². The van der Waals surface area contributed by atoms with Crippen LogP contribution in [0.1, 0.15) is 155 Å². The zero-order valence-corrected chi connectivity index (χ0v) is 25.8. The van der Waals surface area contributed by atoms with Gasteiger partial charge in [0.05, 0.1) is 27.2 Å². The average molecular weight is 534 g/mol. The summed E-state index contributed by atoms with van der Waals surface area (Å²) >= 11 is 0. The highest BCUT2D eigenvalue weighted by molar-refractivity contribution is 7.45. The molecule has 5 nitrogen and oxygen atoms in total. The number of phosphoric acid groups is 1. The molecular formula is C30H64NO4P. The summed E-state index contributed by atoms with van der Waals surface area (Å²) in [7, 11) is 0.140. The Labute approximate surface area is 226 Å². The predicted molar refractivity (Wildman–Crippen MR) is 154 cm³/mol. The van der Waals surface area contributed by atoms with Crippen molar-refractivity contribution in [3.05, 3.63) is 0 Å². The molecule has 1 atom stereocenters. The number of unbranched alkanes of at least 4 members (excludes halogenated alkanes) is 20. The lowest BCUT2D eigenvalue weighted by Gasteiger charge is -2.31. The monoisotopic (exact) mass is 533 g/mol. The van der Waals surface area contributed by atoms with Gasteiger partial charge in [0.2, 0.25) is 0 Å². The summed E-state index contributed by atoms with van der Waals surface area (Å²) in [5.74, 6) is 0. The van der Waals surface area contributed by atoms with Crippen molar-refractivity contribution >= 4 is 7.82 Å². The summed E-state index contributed by atoms with van der Waals surface area (Å²) in [6, 6.07) is 0. The van der Waals surface area contributed by atoms with Crippen LogP contribution < -0.4 is 4.89 Å². The highest BCUT2D eigenvalue weighted by atomic mass is 31.2. The second-order valence-electron chi connectivity index (χ2n) is 11.6. The molecule has 1 unspecified atom stereocenters. The van der Waals surface area contributed by atoms with E-state index in [-0.39, 0.29) is 13.2 Å². The summed E-state index contributed by atoms with van der Waals surface area (Å²) in [6.45, 7) is 6.69. The number of likely N-dealkylation sites (N-methyl/N-ethyl adjacent to an activating group) is 1. The van der Waals surface area contributed by atoms with Crippen LogP contribution in [-0.4, -0.2) is 44.9 Å². The van der Waals surface area contributed by atoms with Crippen LogP contribution in [0.2, 0.25) is 0 Å². The fourth-order valence-corrected chi connectivity index (χ4v) is 5.43. The maximum atomic E-state index is 12.0. The van der Waals surface area contributed by atoms with E-state index in [1.807, 2.05) is 0 Å². The maximum Gasteiger partial charge on any atom is 0.268 e. The molecule has 6 heteroatoms. The van der Waals surface area contributed by atoms with E-state index in [9.17, 15) is 9.46 Å². The van der Waals surface area contributed by atoms with Gasteiger partial charge < -0.3 is 18.4 Å². The van der Waals surface area contributed by atoms with Crippen molar-refractivity contribution in [1.29, 1.82) is 0 Å². The highest BCUT2D eigenvalue weighted by Crippen LogP contribution is 2.38. The molecule has 0 N–H and O–H groups in total. The van der Waals surface area contributed by atoms with Gasteiger partial charge in [0, 0.05) is 0 Å². The van der Waals surface area contributed by atoms with Gasteiger partial charge in [0.15, 0.2) is 0 Å². The molecule has 0 aromatic rings. The van der Waals surface area contributed by atoms with Crippen LogP contribution in [-0.2, 0) is 13.6 Å². The first-order valence-electron chi connectivity index (χ1n) is 15.7. The summed E-state index contributed by atoms with van der Waals surface area (Å²) < 4.78 is 23.0. The Morgan fingerprint density at radius 1 is 0.500 bits per heavy atom. The lowest BCUT2D eigenvalue weighted by Crippen LogP contribution is -2.43. The normalized spacial score (nSPS) is 13.8. The molecule has 0 aromatic carbocycles. The Bertz CT molecular complexity index is 501. The van der Waals surface area contributed by atoms with Gasteiger partial charge in [-0.2, -0.15) is 0 Å². The average Bonchev–Trinajstić information content (AvgIpc) is 2.83. The molecule has 0 bridgehead atoms. The van der Waals surface area contributed by atoms with E-state index < -0.39 is 7.82 Å². The molecule has 0 aliphatic carbocycles. The Balaban J connectivity index is 3.56. The standard InChI is InChI=1S/C30H64NO4P/c1-5-7-9-11-13-15-16-17-18-19-20-21-23-25-27-31(3,4)28-30-35-36(32,33)34-29-26-24-22-14-12-10-8-6-2/h5-30H2,1-4H3. The summed E-state index contributed by atoms with van der Waals surface area (Å²) in [5.41, 5.74) is 0. The molecule has 0 aliphatic heterocycles. The Morgan fingerprint density at radius 3 is 1.25 bits per heavy atom. The van der Waals surface area contributed by atoms with Crippen LogP contribution in [0.4, 0.5) is 0 Å². The molecule has 0 aliphatic rings. The molecule has 0 aromatic heterocycles. The largest absolute Gasteiger partial charge is 0.756 e. The van der Waals surface area contributed by atoms with Crippen molar-refractivity contribution in [1.82, 2.24) is 0 Å². The zero-order valence-electron chi connectivity index (χ0n) is 24.9. The third-order valence-corrected chi connectivity index (χ3v) is 8.31. The zero-order chi connectivity index (χ0) is 26.8. The predicted octanol–water partition coefficient (Wildman–Crippen LogP) is 9.19. The van der Waals surface area contributed by atoms with Crippen molar-refractivity contribution in [3.63, 3.8) is 0 Å². The van der Waals surface area contributed by atoms with Crippen LogP contribution in [0, 0.1) is 0 Å². The number of quaternary nitrogens is 1. The first-order valence-corrected chi connectivity index (χ1v) is 17.2. The highest BCUT2D eigenvalue weighted by Gasteiger charge is 2.17. The van der Waals surface area contributed by atoms with Crippen molar-refractivity contribution in [2.75, 3.05) is 40.4 Å². The van der Waals surface area contributed by atoms with Crippen LogP contribution in [0.5, 0.6) is 0 Å². The van der Waals surface area contributed by atoms with Gasteiger partial charge in [-0.3, -0.25) is 4.57 Å². The number of rotatable bonds is 29. The number of nitrogens with zero attached hydrogens (tertiary/aromatic N) is 1. The van der Waals surface area contributed by atoms with Gasteiger partial charge in [0.25, 0.3) is 7.82 Å². The third kappa shape index (κ3) is 27.1. The summed E-state index contributed by atoms with van der Waals surface area (Å²) in [6.07, 6.45) is 28.5. The third-order valence-electron chi connectivity index (χ3n) is 7.31. The summed E-state index contributed by atoms with van der Waals surface area (Å²) in [4.78, 5) is 12.0. The van der Waals surface area contributed by atoms with Gasteiger partial charge in [-0.05, 0) is 19.3 Å². The molecule has 218 valence electrons.